The molecule has 0 aliphatic carbocycles. The number of ether oxygens (including phenoxy) is 1. The van der Waals surface area contributed by atoms with Crippen LogP contribution in [0.1, 0.15) is 5.01 Å². The highest BCUT2D eigenvalue weighted by Gasteiger charge is 2.36. The van der Waals surface area contributed by atoms with Crippen LogP contribution in [-0.2, 0) is 6.18 Å². The molecular weight excluding hydrogens is 303 g/mol. The summed E-state index contributed by atoms with van der Waals surface area (Å²) in [6.45, 7) is 0. The lowest BCUT2D eigenvalue weighted by Gasteiger charge is -2.07. The summed E-state index contributed by atoms with van der Waals surface area (Å²) in [7, 11) is 0. The Balaban J connectivity index is 1.99. The Kier molecular flexibility index (Phi) is 3.17. The zero-order valence-corrected chi connectivity index (χ0v) is 11.2. The van der Waals surface area contributed by atoms with E-state index in [0.717, 1.165) is 5.39 Å². The minimum atomic E-state index is -4.53. The van der Waals surface area contributed by atoms with Gasteiger partial charge in [0.2, 0.25) is 5.01 Å². The van der Waals surface area contributed by atoms with Crippen LogP contribution in [0.25, 0.3) is 10.8 Å². The van der Waals surface area contributed by atoms with Gasteiger partial charge in [-0.1, -0.05) is 40.7 Å². The molecule has 0 amide bonds. The normalized spacial score (nSPS) is 11.8. The number of aromatic nitrogens is 2. The van der Waals surface area contributed by atoms with Crippen LogP contribution in [0.5, 0.6) is 10.9 Å². The Labute approximate surface area is 121 Å². The molecule has 0 fully saturated rings. The van der Waals surface area contributed by atoms with Crippen LogP contribution >= 0.6 is 11.3 Å². The SMILES string of the molecule is Nc1ccc(Oc2nnc(C(F)(F)F)s2)c2ccccc12. The van der Waals surface area contributed by atoms with E-state index in [4.69, 9.17) is 10.5 Å². The number of nitrogens with two attached hydrogens (primary N) is 1. The summed E-state index contributed by atoms with van der Waals surface area (Å²) >= 11 is 0.347. The number of nitrogens with zero attached hydrogens (tertiary/aromatic N) is 2. The first kappa shape index (κ1) is 13.6. The molecule has 0 unspecified atom stereocenters. The molecule has 2 N–H and O–H groups in total. The molecule has 1 aromatic heterocycles. The first-order chi connectivity index (χ1) is 9.95. The minimum Gasteiger partial charge on any atom is -0.429 e. The van der Waals surface area contributed by atoms with Crippen LogP contribution in [0.4, 0.5) is 18.9 Å². The summed E-state index contributed by atoms with van der Waals surface area (Å²) in [5.74, 6) is 0.379. The van der Waals surface area contributed by atoms with E-state index in [1.165, 1.54) is 0 Å². The molecule has 0 bridgehead atoms. The van der Waals surface area contributed by atoms with E-state index in [1.807, 2.05) is 6.07 Å². The summed E-state index contributed by atoms with van der Waals surface area (Å²) in [4.78, 5) is 0. The van der Waals surface area contributed by atoms with Gasteiger partial charge in [0.15, 0.2) is 0 Å². The van der Waals surface area contributed by atoms with Crippen molar-refractivity contribution in [3.63, 3.8) is 0 Å². The number of fused-ring (bicyclic) bond motifs is 1. The van der Waals surface area contributed by atoms with Crippen molar-refractivity contribution in [3.05, 3.63) is 41.4 Å². The maximum absolute atomic E-state index is 12.5. The Morgan fingerprint density at radius 2 is 1.71 bits per heavy atom. The van der Waals surface area contributed by atoms with E-state index in [0.29, 0.717) is 28.2 Å². The van der Waals surface area contributed by atoms with Gasteiger partial charge in [0, 0.05) is 16.5 Å². The van der Waals surface area contributed by atoms with E-state index < -0.39 is 11.2 Å². The fourth-order valence-corrected chi connectivity index (χ4v) is 2.42. The quantitative estimate of drug-likeness (QED) is 0.724. The van der Waals surface area contributed by atoms with Crippen LogP contribution < -0.4 is 10.5 Å². The van der Waals surface area contributed by atoms with Crippen LogP contribution in [-0.4, -0.2) is 10.2 Å². The average molecular weight is 311 g/mol. The van der Waals surface area contributed by atoms with Crippen molar-refractivity contribution in [2.75, 3.05) is 5.73 Å². The third kappa shape index (κ3) is 2.62. The van der Waals surface area contributed by atoms with Gasteiger partial charge < -0.3 is 10.5 Å². The molecule has 0 saturated carbocycles. The Hall–Kier alpha value is -2.35. The predicted octanol–water partition coefficient (Wildman–Crippen LogP) is 4.08. The molecule has 0 saturated heterocycles. The summed E-state index contributed by atoms with van der Waals surface area (Å²) < 4.78 is 42.9. The second kappa shape index (κ2) is 4.88. The summed E-state index contributed by atoms with van der Waals surface area (Å²) in [6, 6.07) is 10.4. The molecular formula is C13H8F3N3OS. The first-order valence-electron chi connectivity index (χ1n) is 5.81. The molecule has 108 valence electrons. The van der Waals surface area contributed by atoms with Crippen molar-refractivity contribution < 1.29 is 17.9 Å². The highest BCUT2D eigenvalue weighted by Crippen LogP contribution is 2.37. The molecule has 0 spiro atoms. The van der Waals surface area contributed by atoms with Gasteiger partial charge in [-0.2, -0.15) is 13.2 Å². The fraction of sp³-hybridized carbons (Fsp3) is 0.0769. The Bertz CT molecular complexity index is 801. The fourth-order valence-electron chi connectivity index (χ4n) is 1.84. The second-order valence-electron chi connectivity index (χ2n) is 4.17. The molecule has 4 nitrogen and oxygen atoms in total. The van der Waals surface area contributed by atoms with E-state index in [2.05, 4.69) is 10.2 Å². The third-order valence-corrected chi connectivity index (χ3v) is 3.61. The molecule has 0 atom stereocenters. The molecule has 2 aromatic carbocycles. The lowest BCUT2D eigenvalue weighted by atomic mass is 10.1. The molecule has 3 aromatic rings. The number of hydrogen-bond acceptors (Lipinski definition) is 5. The van der Waals surface area contributed by atoms with Gasteiger partial charge in [-0.25, -0.2) is 0 Å². The van der Waals surface area contributed by atoms with Crippen molar-refractivity contribution >= 4 is 27.8 Å². The smallest absolute Gasteiger partial charge is 0.429 e. The molecule has 8 heteroatoms. The number of nitrogen functional groups attached to an aromatic ring is 1. The molecule has 21 heavy (non-hydrogen) atoms. The van der Waals surface area contributed by atoms with Gasteiger partial charge in [-0.15, -0.1) is 5.10 Å². The van der Waals surface area contributed by atoms with Gasteiger partial charge in [0.05, 0.1) is 0 Å². The predicted molar refractivity (Wildman–Crippen MR) is 73.3 cm³/mol. The zero-order chi connectivity index (χ0) is 15.0. The molecule has 1 heterocycles. The number of benzene rings is 2. The van der Waals surface area contributed by atoms with E-state index in [9.17, 15) is 13.2 Å². The minimum absolute atomic E-state index is 0.169. The molecule has 3 rings (SSSR count). The number of alkyl halides is 3. The van der Waals surface area contributed by atoms with E-state index in [-0.39, 0.29) is 5.19 Å². The largest absolute Gasteiger partial charge is 0.445 e. The summed E-state index contributed by atoms with van der Waals surface area (Å²) in [5.41, 5.74) is 6.41. The van der Waals surface area contributed by atoms with Gasteiger partial charge in [-0.3, -0.25) is 0 Å². The van der Waals surface area contributed by atoms with Crippen LogP contribution in [0.2, 0.25) is 0 Å². The number of rotatable bonds is 2. The second-order valence-corrected chi connectivity index (χ2v) is 5.11. The van der Waals surface area contributed by atoms with E-state index >= 15 is 0 Å². The van der Waals surface area contributed by atoms with Crippen LogP contribution in [0.15, 0.2) is 36.4 Å². The maximum Gasteiger partial charge on any atom is 0.445 e. The van der Waals surface area contributed by atoms with Crippen molar-refractivity contribution in [3.8, 4) is 10.9 Å². The standard InChI is InChI=1S/C13H8F3N3OS/c14-13(15,16)11-18-19-12(21-11)20-10-6-5-9(17)7-3-1-2-4-8(7)10/h1-6H,17H2. The van der Waals surface area contributed by atoms with Crippen molar-refractivity contribution in [1.29, 1.82) is 0 Å². The average Bonchev–Trinajstić information content (AvgIpc) is 2.91. The zero-order valence-electron chi connectivity index (χ0n) is 10.4. The molecule has 0 aliphatic rings. The van der Waals surface area contributed by atoms with Crippen molar-refractivity contribution in [2.24, 2.45) is 0 Å². The monoisotopic (exact) mass is 311 g/mol. The summed E-state index contributed by atoms with van der Waals surface area (Å²) in [5, 5.41) is 6.72. The highest BCUT2D eigenvalue weighted by atomic mass is 32.1. The Morgan fingerprint density at radius 3 is 2.38 bits per heavy atom. The van der Waals surface area contributed by atoms with Gasteiger partial charge in [0.25, 0.3) is 5.19 Å². The summed E-state index contributed by atoms with van der Waals surface area (Å²) in [6.07, 6.45) is -4.53. The molecule has 0 aliphatic heterocycles. The third-order valence-electron chi connectivity index (χ3n) is 2.76. The van der Waals surface area contributed by atoms with Crippen LogP contribution in [0, 0.1) is 0 Å². The van der Waals surface area contributed by atoms with Crippen molar-refractivity contribution in [2.45, 2.75) is 6.18 Å². The lowest BCUT2D eigenvalue weighted by molar-refractivity contribution is -0.138. The topological polar surface area (TPSA) is 61.0 Å². The van der Waals surface area contributed by atoms with Gasteiger partial charge in [0.1, 0.15) is 5.75 Å². The van der Waals surface area contributed by atoms with Gasteiger partial charge in [-0.05, 0) is 12.1 Å². The number of anilines is 1. The Morgan fingerprint density at radius 1 is 1.00 bits per heavy atom. The first-order valence-corrected chi connectivity index (χ1v) is 6.62. The number of halogens is 3. The van der Waals surface area contributed by atoms with E-state index in [1.54, 1.807) is 30.3 Å². The van der Waals surface area contributed by atoms with Crippen LogP contribution in [0.3, 0.4) is 0 Å². The number of hydrogen-bond donors (Lipinski definition) is 1. The highest BCUT2D eigenvalue weighted by molar-refractivity contribution is 7.13. The molecule has 0 radical (unpaired) electrons. The maximum atomic E-state index is 12.5. The lowest BCUT2D eigenvalue weighted by Crippen LogP contribution is -2.03. The van der Waals surface area contributed by atoms with Gasteiger partial charge >= 0.3 is 6.18 Å². The van der Waals surface area contributed by atoms with Crippen molar-refractivity contribution in [1.82, 2.24) is 10.2 Å².